The third-order valence-corrected chi connectivity index (χ3v) is 1.78. The van der Waals surface area contributed by atoms with E-state index in [0.717, 1.165) is 25.4 Å². The number of ether oxygens (including phenoxy) is 1. The van der Waals surface area contributed by atoms with Gasteiger partial charge in [0, 0.05) is 13.7 Å². The van der Waals surface area contributed by atoms with Crippen molar-refractivity contribution in [3.8, 4) is 0 Å². The van der Waals surface area contributed by atoms with Crippen molar-refractivity contribution < 1.29 is 4.74 Å². The maximum Gasteiger partial charge on any atom is 0.0465 e. The molecule has 1 heteroatoms. The van der Waals surface area contributed by atoms with Crippen molar-refractivity contribution in [1.82, 2.24) is 0 Å². The summed E-state index contributed by atoms with van der Waals surface area (Å²) in [5.41, 5.74) is 1.51. The monoisotopic (exact) mass is 170 g/mol. The van der Waals surface area contributed by atoms with Crippen molar-refractivity contribution in [3.05, 3.63) is 11.6 Å². The minimum atomic E-state index is 0.781. The van der Waals surface area contributed by atoms with E-state index in [1.54, 1.807) is 7.11 Å². The van der Waals surface area contributed by atoms with Crippen molar-refractivity contribution >= 4 is 0 Å². The highest BCUT2D eigenvalue weighted by molar-refractivity contribution is 4.98. The number of hydrogen-bond acceptors (Lipinski definition) is 1. The average Bonchev–Trinajstić information content (AvgIpc) is 1.97. The molecule has 0 unspecified atom stereocenters. The Labute approximate surface area is 76.8 Å². The number of rotatable bonds is 6. The summed E-state index contributed by atoms with van der Waals surface area (Å²) in [7, 11) is 1.75. The van der Waals surface area contributed by atoms with E-state index in [1.807, 2.05) is 0 Å². The molecule has 0 saturated heterocycles. The summed E-state index contributed by atoms with van der Waals surface area (Å²) in [4.78, 5) is 0. The van der Waals surface area contributed by atoms with E-state index < -0.39 is 0 Å². The fourth-order valence-electron chi connectivity index (χ4n) is 1.30. The van der Waals surface area contributed by atoms with Crippen molar-refractivity contribution in [2.45, 2.75) is 40.0 Å². The van der Waals surface area contributed by atoms with Gasteiger partial charge in [0.25, 0.3) is 0 Å². The van der Waals surface area contributed by atoms with E-state index in [0.29, 0.717) is 0 Å². The zero-order valence-corrected chi connectivity index (χ0v) is 8.89. The molecule has 0 rings (SSSR count). The molecule has 0 aromatic heterocycles. The molecular weight excluding hydrogens is 148 g/mol. The molecule has 0 aliphatic heterocycles. The van der Waals surface area contributed by atoms with Crippen LogP contribution >= 0.6 is 0 Å². The predicted molar refractivity (Wildman–Crippen MR) is 54.3 cm³/mol. The standard InChI is InChI=1S/C11H22O/c1-10(2)9-11(3)7-5-6-8-12-4/h7,10H,5-6,8-9H2,1-4H3. The molecule has 0 aromatic carbocycles. The van der Waals surface area contributed by atoms with E-state index in [-0.39, 0.29) is 0 Å². The van der Waals surface area contributed by atoms with Crippen molar-refractivity contribution in [2.75, 3.05) is 13.7 Å². The highest BCUT2D eigenvalue weighted by Gasteiger charge is 1.94. The fourth-order valence-corrected chi connectivity index (χ4v) is 1.30. The number of unbranched alkanes of at least 4 members (excludes halogenated alkanes) is 1. The van der Waals surface area contributed by atoms with Crippen LogP contribution in [0, 0.1) is 5.92 Å². The lowest BCUT2D eigenvalue weighted by Gasteiger charge is -2.04. The van der Waals surface area contributed by atoms with Crippen molar-refractivity contribution in [2.24, 2.45) is 5.92 Å². The summed E-state index contributed by atoms with van der Waals surface area (Å²) < 4.78 is 4.98. The first kappa shape index (κ1) is 11.7. The lowest BCUT2D eigenvalue weighted by atomic mass is 10.0. The second kappa shape index (κ2) is 7.35. The van der Waals surface area contributed by atoms with Gasteiger partial charge in [-0.15, -0.1) is 0 Å². The Balaban J connectivity index is 3.41. The summed E-state index contributed by atoms with van der Waals surface area (Å²) in [6.07, 6.45) is 5.87. The average molecular weight is 170 g/mol. The minimum Gasteiger partial charge on any atom is -0.385 e. The molecule has 0 saturated carbocycles. The smallest absolute Gasteiger partial charge is 0.0465 e. The Kier molecular flexibility index (Phi) is 7.17. The van der Waals surface area contributed by atoms with Gasteiger partial charge in [-0.05, 0) is 32.1 Å². The molecule has 0 aliphatic rings. The zero-order valence-electron chi connectivity index (χ0n) is 8.89. The molecule has 72 valence electrons. The molecule has 12 heavy (non-hydrogen) atoms. The molecule has 0 fully saturated rings. The van der Waals surface area contributed by atoms with Crippen molar-refractivity contribution in [3.63, 3.8) is 0 Å². The molecule has 0 heterocycles. The van der Waals surface area contributed by atoms with Gasteiger partial charge in [-0.25, -0.2) is 0 Å². The summed E-state index contributed by atoms with van der Waals surface area (Å²) in [5, 5.41) is 0. The van der Waals surface area contributed by atoms with Crippen LogP contribution < -0.4 is 0 Å². The van der Waals surface area contributed by atoms with Gasteiger partial charge in [-0.1, -0.05) is 25.5 Å². The van der Waals surface area contributed by atoms with Gasteiger partial charge in [-0.2, -0.15) is 0 Å². The predicted octanol–water partition coefficient (Wildman–Crippen LogP) is 3.41. The van der Waals surface area contributed by atoms with Gasteiger partial charge >= 0.3 is 0 Å². The third-order valence-electron chi connectivity index (χ3n) is 1.78. The highest BCUT2D eigenvalue weighted by Crippen LogP contribution is 2.10. The van der Waals surface area contributed by atoms with Crippen LogP contribution in [0.5, 0.6) is 0 Å². The molecule has 0 amide bonds. The molecular formula is C11H22O. The maximum atomic E-state index is 4.98. The van der Waals surface area contributed by atoms with Crippen LogP contribution in [-0.4, -0.2) is 13.7 Å². The molecule has 0 spiro atoms. The Morgan fingerprint density at radius 3 is 2.58 bits per heavy atom. The molecule has 0 atom stereocenters. The van der Waals surface area contributed by atoms with Crippen LogP contribution in [-0.2, 0) is 4.74 Å². The summed E-state index contributed by atoms with van der Waals surface area (Å²) in [6.45, 7) is 7.61. The second-order valence-electron chi connectivity index (χ2n) is 3.78. The van der Waals surface area contributed by atoms with Gasteiger partial charge in [-0.3, -0.25) is 0 Å². The Hall–Kier alpha value is -0.300. The summed E-state index contributed by atoms with van der Waals surface area (Å²) in [5.74, 6) is 0.781. The van der Waals surface area contributed by atoms with E-state index >= 15 is 0 Å². The second-order valence-corrected chi connectivity index (χ2v) is 3.78. The van der Waals surface area contributed by atoms with Crippen LogP contribution in [0.15, 0.2) is 11.6 Å². The molecule has 0 aliphatic carbocycles. The molecule has 1 nitrogen and oxygen atoms in total. The molecule has 0 bridgehead atoms. The highest BCUT2D eigenvalue weighted by atomic mass is 16.5. The Morgan fingerprint density at radius 1 is 1.42 bits per heavy atom. The minimum absolute atomic E-state index is 0.781. The number of methoxy groups -OCH3 is 1. The van der Waals surface area contributed by atoms with Crippen LogP contribution in [0.2, 0.25) is 0 Å². The lowest BCUT2D eigenvalue weighted by Crippen LogP contribution is -1.90. The molecule has 0 aromatic rings. The molecule has 0 N–H and O–H groups in total. The normalized spacial score (nSPS) is 12.6. The van der Waals surface area contributed by atoms with Gasteiger partial charge < -0.3 is 4.74 Å². The van der Waals surface area contributed by atoms with Gasteiger partial charge in [0.1, 0.15) is 0 Å². The van der Waals surface area contributed by atoms with Crippen LogP contribution in [0.3, 0.4) is 0 Å². The quantitative estimate of drug-likeness (QED) is 0.438. The van der Waals surface area contributed by atoms with Crippen molar-refractivity contribution in [1.29, 1.82) is 0 Å². The Morgan fingerprint density at radius 2 is 2.08 bits per heavy atom. The maximum absolute atomic E-state index is 4.98. The fraction of sp³-hybridized carbons (Fsp3) is 0.818. The topological polar surface area (TPSA) is 9.23 Å². The van der Waals surface area contributed by atoms with Gasteiger partial charge in [0.2, 0.25) is 0 Å². The summed E-state index contributed by atoms with van der Waals surface area (Å²) in [6, 6.07) is 0. The summed E-state index contributed by atoms with van der Waals surface area (Å²) >= 11 is 0. The number of hydrogen-bond donors (Lipinski definition) is 0. The van der Waals surface area contributed by atoms with Crippen LogP contribution in [0.4, 0.5) is 0 Å². The van der Waals surface area contributed by atoms with E-state index in [4.69, 9.17) is 4.74 Å². The third kappa shape index (κ3) is 7.80. The first-order valence-electron chi connectivity index (χ1n) is 4.81. The van der Waals surface area contributed by atoms with E-state index in [1.165, 1.54) is 12.0 Å². The number of allylic oxidation sites excluding steroid dienone is 2. The van der Waals surface area contributed by atoms with Crippen LogP contribution in [0.25, 0.3) is 0 Å². The zero-order chi connectivity index (χ0) is 9.40. The SMILES string of the molecule is COCCCC=C(C)CC(C)C. The van der Waals surface area contributed by atoms with E-state index in [2.05, 4.69) is 26.8 Å². The lowest BCUT2D eigenvalue weighted by molar-refractivity contribution is 0.195. The molecule has 0 radical (unpaired) electrons. The largest absolute Gasteiger partial charge is 0.385 e. The van der Waals surface area contributed by atoms with E-state index in [9.17, 15) is 0 Å². The first-order chi connectivity index (χ1) is 5.66. The van der Waals surface area contributed by atoms with Gasteiger partial charge in [0.15, 0.2) is 0 Å². The van der Waals surface area contributed by atoms with Gasteiger partial charge in [0.05, 0.1) is 0 Å². The van der Waals surface area contributed by atoms with Crippen LogP contribution in [0.1, 0.15) is 40.0 Å². The first-order valence-corrected chi connectivity index (χ1v) is 4.81. The Bertz CT molecular complexity index is 125.